The minimum Gasteiger partial charge on any atom is -0.0695 e. The van der Waals surface area contributed by atoms with E-state index in [0.29, 0.717) is 5.41 Å². The molecule has 1 aliphatic carbocycles. The summed E-state index contributed by atoms with van der Waals surface area (Å²) < 4.78 is 0. The molecule has 1 atom stereocenters. The van der Waals surface area contributed by atoms with Crippen molar-refractivity contribution in [3.63, 3.8) is 0 Å². The van der Waals surface area contributed by atoms with Gasteiger partial charge >= 0.3 is 0 Å². The standard InChI is InChI=1S/C18H18/c1-18(13-12-15-8-4-2-5-9-15)14-17(18)16-10-6-3-7-11-16/h2-11,14H,12-13H2,1H3. The highest BCUT2D eigenvalue weighted by Crippen LogP contribution is 2.53. The van der Waals surface area contributed by atoms with E-state index in [1.54, 1.807) is 0 Å². The van der Waals surface area contributed by atoms with Gasteiger partial charge in [0, 0.05) is 5.41 Å². The normalized spacial score (nSPS) is 21.5. The molecule has 0 fully saturated rings. The molecule has 3 rings (SSSR count). The van der Waals surface area contributed by atoms with Crippen molar-refractivity contribution in [2.75, 3.05) is 0 Å². The van der Waals surface area contributed by atoms with E-state index in [2.05, 4.69) is 73.7 Å². The van der Waals surface area contributed by atoms with Crippen molar-refractivity contribution in [3.05, 3.63) is 77.9 Å². The van der Waals surface area contributed by atoms with Crippen LogP contribution in [-0.4, -0.2) is 0 Å². The first-order valence-electron chi connectivity index (χ1n) is 6.61. The highest BCUT2D eigenvalue weighted by molar-refractivity contribution is 5.84. The van der Waals surface area contributed by atoms with Gasteiger partial charge in [0.15, 0.2) is 0 Å². The summed E-state index contributed by atoms with van der Waals surface area (Å²) in [5, 5.41) is 0. The minimum absolute atomic E-state index is 0.317. The van der Waals surface area contributed by atoms with Crippen molar-refractivity contribution >= 4 is 5.57 Å². The Kier molecular flexibility index (Phi) is 2.79. The molecule has 0 radical (unpaired) electrons. The molecule has 0 saturated carbocycles. The minimum atomic E-state index is 0.317. The molecule has 0 N–H and O–H groups in total. The lowest BCUT2D eigenvalue weighted by atomic mass is 9.91. The maximum absolute atomic E-state index is 2.41. The molecule has 18 heavy (non-hydrogen) atoms. The third kappa shape index (κ3) is 2.24. The van der Waals surface area contributed by atoms with E-state index in [4.69, 9.17) is 0 Å². The van der Waals surface area contributed by atoms with E-state index in [1.807, 2.05) is 0 Å². The number of allylic oxidation sites excluding steroid dienone is 2. The van der Waals surface area contributed by atoms with Gasteiger partial charge in [-0.25, -0.2) is 0 Å². The fraction of sp³-hybridized carbons (Fsp3) is 0.222. The first kappa shape index (κ1) is 11.3. The van der Waals surface area contributed by atoms with E-state index in [-0.39, 0.29) is 0 Å². The van der Waals surface area contributed by atoms with Crippen LogP contribution in [-0.2, 0) is 6.42 Å². The Bertz CT molecular complexity index is 551. The predicted molar refractivity (Wildman–Crippen MR) is 77.3 cm³/mol. The molecule has 2 aromatic rings. The molecule has 2 aromatic carbocycles. The van der Waals surface area contributed by atoms with Crippen molar-refractivity contribution in [2.24, 2.45) is 5.41 Å². The molecule has 0 amide bonds. The van der Waals surface area contributed by atoms with Gasteiger partial charge in [-0.15, -0.1) is 0 Å². The van der Waals surface area contributed by atoms with Crippen LogP contribution >= 0.6 is 0 Å². The molecule has 0 heteroatoms. The number of aryl methyl sites for hydroxylation is 1. The van der Waals surface area contributed by atoms with Gasteiger partial charge < -0.3 is 0 Å². The Morgan fingerprint density at radius 1 is 0.833 bits per heavy atom. The second kappa shape index (κ2) is 4.45. The van der Waals surface area contributed by atoms with Gasteiger partial charge in [0.1, 0.15) is 0 Å². The van der Waals surface area contributed by atoms with Crippen LogP contribution in [0.25, 0.3) is 5.57 Å². The second-order valence-corrected chi connectivity index (χ2v) is 5.33. The lowest BCUT2D eigenvalue weighted by Gasteiger charge is -2.12. The van der Waals surface area contributed by atoms with Crippen molar-refractivity contribution < 1.29 is 0 Å². The summed E-state index contributed by atoms with van der Waals surface area (Å²) in [6.45, 7) is 2.35. The summed E-state index contributed by atoms with van der Waals surface area (Å²) in [6.07, 6.45) is 4.77. The quantitative estimate of drug-likeness (QED) is 0.718. The van der Waals surface area contributed by atoms with Gasteiger partial charge in [0.05, 0.1) is 0 Å². The highest BCUT2D eigenvalue weighted by Gasteiger charge is 2.38. The van der Waals surface area contributed by atoms with E-state index in [9.17, 15) is 0 Å². The van der Waals surface area contributed by atoms with Crippen LogP contribution in [0.1, 0.15) is 24.5 Å². The molecule has 0 nitrogen and oxygen atoms in total. The molecule has 1 aliphatic rings. The highest BCUT2D eigenvalue weighted by atomic mass is 14.4. The van der Waals surface area contributed by atoms with Gasteiger partial charge in [-0.2, -0.15) is 0 Å². The number of rotatable bonds is 4. The Labute approximate surface area is 109 Å². The molecule has 0 aromatic heterocycles. The first-order valence-corrected chi connectivity index (χ1v) is 6.61. The van der Waals surface area contributed by atoms with E-state index < -0.39 is 0 Å². The van der Waals surface area contributed by atoms with Crippen molar-refractivity contribution in [2.45, 2.75) is 19.8 Å². The number of hydrogen-bond acceptors (Lipinski definition) is 0. The van der Waals surface area contributed by atoms with Crippen molar-refractivity contribution in [1.82, 2.24) is 0 Å². The monoisotopic (exact) mass is 234 g/mol. The molecule has 0 bridgehead atoms. The van der Waals surface area contributed by atoms with Gasteiger partial charge in [-0.3, -0.25) is 0 Å². The van der Waals surface area contributed by atoms with Crippen LogP contribution in [0, 0.1) is 5.41 Å². The fourth-order valence-electron chi connectivity index (χ4n) is 2.57. The Morgan fingerprint density at radius 2 is 1.44 bits per heavy atom. The Balaban J connectivity index is 1.63. The van der Waals surface area contributed by atoms with Crippen LogP contribution < -0.4 is 0 Å². The Morgan fingerprint density at radius 3 is 2.11 bits per heavy atom. The van der Waals surface area contributed by atoms with Gasteiger partial charge in [-0.1, -0.05) is 73.7 Å². The summed E-state index contributed by atoms with van der Waals surface area (Å²) in [6, 6.07) is 21.5. The van der Waals surface area contributed by atoms with Crippen LogP contribution in [0.4, 0.5) is 0 Å². The van der Waals surface area contributed by atoms with Crippen LogP contribution in [0.2, 0.25) is 0 Å². The summed E-state index contributed by atoms with van der Waals surface area (Å²) >= 11 is 0. The fourth-order valence-corrected chi connectivity index (χ4v) is 2.57. The summed E-state index contributed by atoms with van der Waals surface area (Å²) in [5.41, 5.74) is 4.65. The van der Waals surface area contributed by atoms with Gasteiger partial charge in [0.2, 0.25) is 0 Å². The maximum Gasteiger partial charge on any atom is 0.0116 e. The molecule has 0 saturated heterocycles. The summed E-state index contributed by atoms with van der Waals surface area (Å²) in [5.74, 6) is 0. The van der Waals surface area contributed by atoms with Gasteiger partial charge in [-0.05, 0) is 29.5 Å². The van der Waals surface area contributed by atoms with Crippen molar-refractivity contribution in [3.8, 4) is 0 Å². The topological polar surface area (TPSA) is 0 Å². The average Bonchev–Trinajstić information content (AvgIpc) is 3.12. The second-order valence-electron chi connectivity index (χ2n) is 5.33. The molecule has 90 valence electrons. The predicted octanol–water partition coefficient (Wildman–Crippen LogP) is 4.72. The summed E-state index contributed by atoms with van der Waals surface area (Å²) in [7, 11) is 0. The molecule has 1 unspecified atom stereocenters. The van der Waals surface area contributed by atoms with Crippen LogP contribution in [0.3, 0.4) is 0 Å². The van der Waals surface area contributed by atoms with E-state index >= 15 is 0 Å². The maximum atomic E-state index is 2.41. The zero-order valence-electron chi connectivity index (χ0n) is 10.8. The Hall–Kier alpha value is -1.82. The molecule has 0 spiro atoms. The smallest absolute Gasteiger partial charge is 0.0116 e. The van der Waals surface area contributed by atoms with Crippen LogP contribution in [0.5, 0.6) is 0 Å². The zero-order chi connectivity index (χ0) is 12.4. The first-order chi connectivity index (χ1) is 8.78. The number of benzene rings is 2. The van der Waals surface area contributed by atoms with Gasteiger partial charge in [0.25, 0.3) is 0 Å². The largest absolute Gasteiger partial charge is 0.0695 e. The lowest BCUT2D eigenvalue weighted by molar-refractivity contribution is 0.585. The molecular weight excluding hydrogens is 216 g/mol. The third-order valence-electron chi connectivity index (χ3n) is 3.86. The summed E-state index contributed by atoms with van der Waals surface area (Å²) in [4.78, 5) is 0. The zero-order valence-corrected chi connectivity index (χ0v) is 10.8. The van der Waals surface area contributed by atoms with Crippen molar-refractivity contribution in [1.29, 1.82) is 0 Å². The van der Waals surface area contributed by atoms with E-state index in [1.165, 1.54) is 23.1 Å². The lowest BCUT2D eigenvalue weighted by Crippen LogP contribution is -2.01. The SMILES string of the molecule is CC1(CCc2ccccc2)C=C1c1ccccc1. The third-order valence-corrected chi connectivity index (χ3v) is 3.86. The molecule has 0 aliphatic heterocycles. The van der Waals surface area contributed by atoms with Crippen LogP contribution in [0.15, 0.2) is 66.7 Å². The average molecular weight is 234 g/mol. The number of hydrogen-bond donors (Lipinski definition) is 0. The molecule has 0 heterocycles. The van der Waals surface area contributed by atoms with E-state index in [0.717, 1.165) is 6.42 Å². The molecular formula is C18H18.